The van der Waals surface area contributed by atoms with Crippen LogP contribution in [0.1, 0.15) is 5.56 Å². The zero-order chi connectivity index (χ0) is 23.0. The first-order valence-corrected chi connectivity index (χ1v) is 9.83. The highest BCUT2D eigenvalue weighted by Gasteiger charge is 2.35. The maximum absolute atomic E-state index is 13.9. The Kier molecular flexibility index (Phi) is 4.89. The smallest absolute Gasteiger partial charge is 0.287 e. The Morgan fingerprint density at radius 3 is 2.30 bits per heavy atom. The molecule has 3 aromatic heterocycles. The fraction of sp³-hybridized carbons (Fsp3) is 0.0435. The molecule has 2 aromatic carbocycles. The standard InChI is InChI=1S/C23H15F3N6O/c24-23(25,26)18-15-17(30-13-4-11-27-30)7-8-19(18)31-14-10-21(33)22(29-31)20-9-12-28-32(20)16-5-2-1-3-6-16/h1-15H. The van der Waals surface area contributed by atoms with E-state index < -0.39 is 17.2 Å². The predicted octanol–water partition coefficient (Wildman–Crippen LogP) is 4.29. The van der Waals surface area contributed by atoms with Gasteiger partial charge in [0.1, 0.15) is 0 Å². The minimum absolute atomic E-state index is 0.0249. The minimum Gasteiger partial charge on any atom is -0.287 e. The van der Waals surface area contributed by atoms with E-state index >= 15 is 0 Å². The summed E-state index contributed by atoms with van der Waals surface area (Å²) in [6.07, 6.45) is 1.09. The molecule has 0 spiro atoms. The van der Waals surface area contributed by atoms with Gasteiger partial charge in [0.05, 0.1) is 34.5 Å². The van der Waals surface area contributed by atoms with Crippen LogP contribution in [0.2, 0.25) is 0 Å². The second-order valence-electron chi connectivity index (χ2n) is 7.09. The van der Waals surface area contributed by atoms with Crippen molar-refractivity contribution >= 4 is 0 Å². The third kappa shape index (κ3) is 3.82. The topological polar surface area (TPSA) is 70.5 Å². The highest BCUT2D eigenvalue weighted by Crippen LogP contribution is 2.35. The van der Waals surface area contributed by atoms with Crippen LogP contribution in [0, 0.1) is 0 Å². The van der Waals surface area contributed by atoms with Gasteiger partial charge in [-0.2, -0.15) is 28.5 Å². The van der Waals surface area contributed by atoms with Crippen LogP contribution in [0.25, 0.3) is 28.5 Å². The van der Waals surface area contributed by atoms with Crippen molar-refractivity contribution in [3.05, 3.63) is 107 Å². The Balaban J connectivity index is 1.66. The molecule has 3 heterocycles. The van der Waals surface area contributed by atoms with Crippen molar-refractivity contribution in [1.29, 1.82) is 0 Å². The van der Waals surface area contributed by atoms with Gasteiger partial charge in [0.15, 0.2) is 5.69 Å². The molecule has 33 heavy (non-hydrogen) atoms. The van der Waals surface area contributed by atoms with Crippen molar-refractivity contribution in [3.63, 3.8) is 0 Å². The third-order valence-electron chi connectivity index (χ3n) is 5.00. The summed E-state index contributed by atoms with van der Waals surface area (Å²) >= 11 is 0. The molecule has 0 aliphatic carbocycles. The van der Waals surface area contributed by atoms with E-state index in [1.165, 1.54) is 46.2 Å². The number of hydrogen-bond acceptors (Lipinski definition) is 4. The predicted molar refractivity (Wildman–Crippen MR) is 115 cm³/mol. The lowest BCUT2D eigenvalue weighted by Crippen LogP contribution is -2.18. The first kappa shape index (κ1) is 20.4. The molecule has 0 amide bonds. The number of halogens is 3. The largest absolute Gasteiger partial charge is 0.418 e. The van der Waals surface area contributed by atoms with E-state index in [0.717, 1.165) is 10.7 Å². The number of nitrogens with zero attached hydrogens (tertiary/aromatic N) is 6. The van der Waals surface area contributed by atoms with Crippen molar-refractivity contribution in [2.45, 2.75) is 6.18 Å². The minimum atomic E-state index is -4.66. The van der Waals surface area contributed by atoms with Gasteiger partial charge >= 0.3 is 6.18 Å². The summed E-state index contributed by atoms with van der Waals surface area (Å²) in [4.78, 5) is 12.6. The molecule has 7 nitrogen and oxygen atoms in total. The Morgan fingerprint density at radius 1 is 0.758 bits per heavy atom. The van der Waals surface area contributed by atoms with E-state index in [2.05, 4.69) is 15.3 Å². The summed E-state index contributed by atoms with van der Waals surface area (Å²) < 4.78 is 45.7. The lowest BCUT2D eigenvalue weighted by atomic mass is 10.1. The maximum atomic E-state index is 13.9. The molecule has 0 radical (unpaired) electrons. The molecule has 0 bridgehead atoms. The molecule has 0 unspecified atom stereocenters. The Bertz CT molecular complexity index is 1470. The van der Waals surface area contributed by atoms with Gasteiger partial charge in [-0.15, -0.1) is 0 Å². The SMILES string of the molecule is O=c1ccn(-c2ccc(-n3cccn3)cc2C(F)(F)F)nc1-c1ccnn1-c1ccccc1. The first-order chi connectivity index (χ1) is 15.9. The number of aromatic nitrogens is 6. The summed E-state index contributed by atoms with van der Waals surface area (Å²) in [6, 6.07) is 17.3. The van der Waals surface area contributed by atoms with Crippen LogP contribution >= 0.6 is 0 Å². The molecule has 0 aliphatic rings. The van der Waals surface area contributed by atoms with Crippen LogP contribution in [0.15, 0.2) is 96.3 Å². The van der Waals surface area contributed by atoms with Gasteiger partial charge in [-0.1, -0.05) is 18.2 Å². The van der Waals surface area contributed by atoms with E-state index in [1.54, 1.807) is 30.5 Å². The fourth-order valence-electron chi connectivity index (χ4n) is 3.49. The Morgan fingerprint density at radius 2 is 1.58 bits per heavy atom. The molecule has 0 atom stereocenters. The highest BCUT2D eigenvalue weighted by molar-refractivity contribution is 5.58. The van der Waals surface area contributed by atoms with Crippen molar-refractivity contribution in [1.82, 2.24) is 29.3 Å². The van der Waals surface area contributed by atoms with E-state index in [-0.39, 0.29) is 17.1 Å². The number of para-hydroxylation sites is 1. The summed E-state index contributed by atoms with van der Waals surface area (Å²) in [6.45, 7) is 0. The van der Waals surface area contributed by atoms with Gasteiger partial charge in [0.25, 0.3) is 0 Å². The van der Waals surface area contributed by atoms with Gasteiger partial charge in [0.2, 0.25) is 5.43 Å². The number of alkyl halides is 3. The lowest BCUT2D eigenvalue weighted by Gasteiger charge is -2.16. The van der Waals surface area contributed by atoms with E-state index in [0.29, 0.717) is 11.4 Å². The van der Waals surface area contributed by atoms with Crippen molar-refractivity contribution in [3.8, 4) is 28.5 Å². The van der Waals surface area contributed by atoms with Gasteiger partial charge in [-0.25, -0.2) is 14.0 Å². The number of hydrogen-bond donors (Lipinski definition) is 0. The van der Waals surface area contributed by atoms with Crippen LogP contribution < -0.4 is 5.43 Å². The molecule has 164 valence electrons. The summed E-state index contributed by atoms with van der Waals surface area (Å²) in [7, 11) is 0. The van der Waals surface area contributed by atoms with Crippen LogP contribution in [0.3, 0.4) is 0 Å². The second kappa shape index (κ2) is 7.90. The zero-order valence-corrected chi connectivity index (χ0v) is 16.9. The normalized spacial score (nSPS) is 11.6. The van der Waals surface area contributed by atoms with E-state index in [4.69, 9.17) is 0 Å². The van der Waals surface area contributed by atoms with Crippen LogP contribution in [-0.4, -0.2) is 29.3 Å². The molecular formula is C23H15F3N6O. The molecule has 5 rings (SSSR count). The van der Waals surface area contributed by atoms with Crippen molar-refractivity contribution in [2.24, 2.45) is 0 Å². The first-order valence-electron chi connectivity index (χ1n) is 9.83. The highest BCUT2D eigenvalue weighted by atomic mass is 19.4. The molecule has 0 saturated carbocycles. The van der Waals surface area contributed by atoms with Crippen LogP contribution in [0.5, 0.6) is 0 Å². The molecule has 0 fully saturated rings. The molecule has 10 heteroatoms. The average molecular weight is 448 g/mol. The molecule has 5 aromatic rings. The maximum Gasteiger partial charge on any atom is 0.418 e. The van der Waals surface area contributed by atoms with Gasteiger partial charge < -0.3 is 0 Å². The average Bonchev–Trinajstić information content (AvgIpc) is 3.52. The van der Waals surface area contributed by atoms with E-state index in [1.807, 2.05) is 18.2 Å². The molecular weight excluding hydrogens is 433 g/mol. The van der Waals surface area contributed by atoms with Crippen molar-refractivity contribution in [2.75, 3.05) is 0 Å². The van der Waals surface area contributed by atoms with Crippen molar-refractivity contribution < 1.29 is 13.2 Å². The fourth-order valence-corrected chi connectivity index (χ4v) is 3.49. The Labute approximate surface area is 185 Å². The molecule has 0 aliphatic heterocycles. The number of rotatable bonds is 4. The summed E-state index contributed by atoms with van der Waals surface area (Å²) in [5, 5.41) is 12.5. The summed E-state index contributed by atoms with van der Waals surface area (Å²) in [5.41, 5.74) is -0.288. The van der Waals surface area contributed by atoms with Crippen LogP contribution in [0.4, 0.5) is 13.2 Å². The lowest BCUT2D eigenvalue weighted by molar-refractivity contribution is -0.137. The molecule has 0 saturated heterocycles. The molecule has 0 N–H and O–H groups in total. The van der Waals surface area contributed by atoms with E-state index in [9.17, 15) is 18.0 Å². The van der Waals surface area contributed by atoms with Gasteiger partial charge in [-0.05, 0) is 42.5 Å². The second-order valence-corrected chi connectivity index (χ2v) is 7.09. The van der Waals surface area contributed by atoms with Crippen LogP contribution in [-0.2, 0) is 6.18 Å². The van der Waals surface area contributed by atoms with Gasteiger partial charge in [0, 0.05) is 24.7 Å². The Hall–Kier alpha value is -4.47. The third-order valence-corrected chi connectivity index (χ3v) is 5.00. The summed E-state index contributed by atoms with van der Waals surface area (Å²) in [5.74, 6) is 0. The quantitative estimate of drug-likeness (QED) is 0.411. The number of benzene rings is 2. The monoisotopic (exact) mass is 448 g/mol. The van der Waals surface area contributed by atoms with Gasteiger partial charge in [-0.3, -0.25) is 4.79 Å². The zero-order valence-electron chi connectivity index (χ0n) is 16.9.